The van der Waals surface area contributed by atoms with E-state index in [1.165, 1.54) is 4.90 Å². The summed E-state index contributed by atoms with van der Waals surface area (Å²) in [5.74, 6) is -0.825. The highest BCUT2D eigenvalue weighted by Crippen LogP contribution is 2.38. The summed E-state index contributed by atoms with van der Waals surface area (Å²) < 4.78 is 0. The fraction of sp³-hybridized carbons (Fsp3) is 0.500. The summed E-state index contributed by atoms with van der Waals surface area (Å²) in [6, 6.07) is 6.42. The number of nitrogens with zero attached hydrogens (tertiary/aromatic N) is 1. The van der Waals surface area contributed by atoms with E-state index in [9.17, 15) is 14.4 Å². The minimum atomic E-state index is -1.04. The fourth-order valence-electron chi connectivity index (χ4n) is 2.58. The van der Waals surface area contributed by atoms with Gasteiger partial charge in [-0.25, -0.2) is 0 Å². The first-order chi connectivity index (χ1) is 11.3. The van der Waals surface area contributed by atoms with E-state index >= 15 is 0 Å². The molecule has 0 bridgehead atoms. The van der Waals surface area contributed by atoms with E-state index in [0.29, 0.717) is 23.6 Å². The zero-order valence-corrected chi connectivity index (χ0v) is 14.3. The molecule has 1 aromatic rings. The van der Waals surface area contributed by atoms with Crippen LogP contribution in [-0.4, -0.2) is 40.4 Å². The van der Waals surface area contributed by atoms with Crippen LogP contribution in [0.4, 0.5) is 5.69 Å². The van der Waals surface area contributed by atoms with Crippen molar-refractivity contribution < 1.29 is 19.5 Å². The molecule has 1 aliphatic carbocycles. The molecule has 2 amide bonds. The molecule has 2 N–H and O–H groups in total. The third kappa shape index (κ3) is 4.34. The molecule has 24 heavy (non-hydrogen) atoms. The molecule has 130 valence electrons. The molecule has 1 aliphatic rings. The number of carboxylic acids is 1. The van der Waals surface area contributed by atoms with E-state index < -0.39 is 5.97 Å². The Labute approximate surface area is 141 Å². The van der Waals surface area contributed by atoms with Crippen molar-refractivity contribution >= 4 is 23.5 Å². The van der Waals surface area contributed by atoms with Crippen LogP contribution in [0.3, 0.4) is 0 Å². The monoisotopic (exact) mass is 332 g/mol. The Hall–Kier alpha value is -2.37. The number of carbonyl (C=O) groups is 3. The van der Waals surface area contributed by atoms with Gasteiger partial charge in [-0.3, -0.25) is 14.4 Å². The summed E-state index contributed by atoms with van der Waals surface area (Å²) in [6.07, 6.45) is 1.59. The zero-order valence-electron chi connectivity index (χ0n) is 14.3. The minimum absolute atomic E-state index is 0.00804. The van der Waals surface area contributed by atoms with Gasteiger partial charge >= 0.3 is 5.97 Å². The van der Waals surface area contributed by atoms with E-state index in [0.717, 1.165) is 6.42 Å². The molecule has 0 radical (unpaired) electrons. The third-order valence-corrected chi connectivity index (χ3v) is 4.53. The number of hydrogen-bond donors (Lipinski definition) is 2. The predicted octanol–water partition coefficient (Wildman–Crippen LogP) is 2.61. The summed E-state index contributed by atoms with van der Waals surface area (Å²) in [7, 11) is 0. The average molecular weight is 332 g/mol. The molecular weight excluding hydrogens is 308 g/mol. The molecular formula is C18H24N2O4. The topological polar surface area (TPSA) is 86.7 Å². The molecule has 0 spiro atoms. The minimum Gasteiger partial charge on any atom is -0.480 e. The summed E-state index contributed by atoms with van der Waals surface area (Å²) in [4.78, 5) is 36.8. The summed E-state index contributed by atoms with van der Waals surface area (Å²) in [6.45, 7) is 5.44. The number of nitrogens with one attached hydrogen (secondary N) is 1. The SMILES string of the molecule is CCC(C)N(CC(=O)O)C(=O)c1ccc(NC(=O)C2CC2C)cc1. The molecule has 1 saturated carbocycles. The van der Waals surface area contributed by atoms with E-state index in [4.69, 9.17) is 5.11 Å². The Bertz CT molecular complexity index is 626. The van der Waals surface area contributed by atoms with Gasteiger partial charge < -0.3 is 15.3 Å². The van der Waals surface area contributed by atoms with Crippen LogP contribution in [0.25, 0.3) is 0 Å². The normalized spacial score (nSPS) is 20.1. The predicted molar refractivity (Wildman–Crippen MR) is 90.8 cm³/mol. The van der Waals surface area contributed by atoms with Crippen LogP contribution in [0, 0.1) is 11.8 Å². The van der Waals surface area contributed by atoms with Crippen LogP contribution >= 0.6 is 0 Å². The molecule has 1 aromatic carbocycles. The van der Waals surface area contributed by atoms with Crippen molar-refractivity contribution in [3.8, 4) is 0 Å². The van der Waals surface area contributed by atoms with E-state index in [1.807, 2.05) is 20.8 Å². The van der Waals surface area contributed by atoms with Gasteiger partial charge in [-0.15, -0.1) is 0 Å². The lowest BCUT2D eigenvalue weighted by atomic mass is 10.1. The van der Waals surface area contributed by atoms with Crippen molar-refractivity contribution in [1.29, 1.82) is 0 Å². The molecule has 0 aliphatic heterocycles. The van der Waals surface area contributed by atoms with Gasteiger partial charge in [-0.1, -0.05) is 13.8 Å². The Morgan fingerprint density at radius 3 is 2.33 bits per heavy atom. The number of amides is 2. The quantitative estimate of drug-likeness (QED) is 0.803. The van der Waals surface area contributed by atoms with Crippen LogP contribution in [0.5, 0.6) is 0 Å². The summed E-state index contributed by atoms with van der Waals surface area (Å²) in [5, 5.41) is 11.8. The van der Waals surface area contributed by atoms with Gasteiger partial charge in [0.05, 0.1) is 0 Å². The second kappa shape index (κ2) is 7.47. The Morgan fingerprint density at radius 2 is 1.88 bits per heavy atom. The van der Waals surface area contributed by atoms with Crippen molar-refractivity contribution in [3.05, 3.63) is 29.8 Å². The van der Waals surface area contributed by atoms with Crippen molar-refractivity contribution in [2.75, 3.05) is 11.9 Å². The van der Waals surface area contributed by atoms with Crippen molar-refractivity contribution in [1.82, 2.24) is 4.90 Å². The van der Waals surface area contributed by atoms with Crippen molar-refractivity contribution in [2.45, 2.75) is 39.7 Å². The number of carbonyl (C=O) groups excluding carboxylic acids is 2. The second-order valence-corrected chi connectivity index (χ2v) is 6.47. The van der Waals surface area contributed by atoms with Gasteiger partial charge in [0.25, 0.3) is 5.91 Å². The molecule has 3 atom stereocenters. The zero-order chi connectivity index (χ0) is 17.9. The van der Waals surface area contributed by atoms with Gasteiger partial charge in [0, 0.05) is 23.2 Å². The molecule has 0 heterocycles. The standard InChI is InChI=1S/C18H24N2O4/c1-4-12(3)20(10-16(21)22)18(24)13-5-7-14(8-6-13)19-17(23)15-9-11(15)2/h5-8,11-12,15H,4,9-10H2,1-3H3,(H,19,23)(H,21,22). The van der Waals surface area contributed by atoms with Crippen LogP contribution < -0.4 is 5.32 Å². The van der Waals surface area contributed by atoms with E-state index in [-0.39, 0.29) is 30.3 Å². The Morgan fingerprint density at radius 1 is 1.29 bits per heavy atom. The Balaban J connectivity index is 2.05. The average Bonchev–Trinajstić information content (AvgIpc) is 3.29. The smallest absolute Gasteiger partial charge is 0.323 e. The summed E-state index contributed by atoms with van der Waals surface area (Å²) >= 11 is 0. The number of carboxylic acid groups (broad SMARTS) is 1. The molecule has 6 nitrogen and oxygen atoms in total. The maximum absolute atomic E-state index is 12.6. The van der Waals surface area contributed by atoms with Crippen LogP contribution in [-0.2, 0) is 9.59 Å². The molecule has 0 saturated heterocycles. The lowest BCUT2D eigenvalue weighted by molar-refractivity contribution is -0.138. The van der Waals surface area contributed by atoms with Crippen LogP contribution in [0.15, 0.2) is 24.3 Å². The highest BCUT2D eigenvalue weighted by atomic mass is 16.4. The van der Waals surface area contributed by atoms with Crippen molar-refractivity contribution in [2.24, 2.45) is 11.8 Å². The van der Waals surface area contributed by atoms with Crippen LogP contribution in [0.1, 0.15) is 44.0 Å². The molecule has 2 rings (SSSR count). The van der Waals surface area contributed by atoms with Gasteiger partial charge in [-0.2, -0.15) is 0 Å². The fourth-order valence-corrected chi connectivity index (χ4v) is 2.58. The van der Waals surface area contributed by atoms with Gasteiger partial charge in [0.2, 0.25) is 5.91 Å². The van der Waals surface area contributed by atoms with E-state index in [2.05, 4.69) is 5.32 Å². The number of anilines is 1. The van der Waals surface area contributed by atoms with Crippen molar-refractivity contribution in [3.63, 3.8) is 0 Å². The maximum Gasteiger partial charge on any atom is 0.323 e. The lowest BCUT2D eigenvalue weighted by Gasteiger charge is -2.27. The molecule has 1 fully saturated rings. The largest absolute Gasteiger partial charge is 0.480 e. The maximum atomic E-state index is 12.6. The molecule has 3 unspecified atom stereocenters. The molecule has 0 aromatic heterocycles. The highest BCUT2D eigenvalue weighted by molar-refractivity contribution is 5.98. The first-order valence-corrected chi connectivity index (χ1v) is 8.27. The molecule has 6 heteroatoms. The first kappa shape index (κ1) is 18.0. The number of rotatable bonds is 7. The lowest BCUT2D eigenvalue weighted by Crippen LogP contribution is -2.41. The number of benzene rings is 1. The third-order valence-electron chi connectivity index (χ3n) is 4.53. The van der Waals surface area contributed by atoms with Gasteiger partial charge in [0.1, 0.15) is 6.54 Å². The van der Waals surface area contributed by atoms with Crippen LogP contribution in [0.2, 0.25) is 0 Å². The number of aliphatic carboxylic acids is 1. The van der Waals surface area contributed by atoms with Gasteiger partial charge in [0.15, 0.2) is 0 Å². The second-order valence-electron chi connectivity index (χ2n) is 6.47. The first-order valence-electron chi connectivity index (χ1n) is 8.27. The van der Waals surface area contributed by atoms with E-state index in [1.54, 1.807) is 24.3 Å². The summed E-state index contributed by atoms with van der Waals surface area (Å²) in [5.41, 5.74) is 1.05. The van der Waals surface area contributed by atoms with Gasteiger partial charge in [-0.05, 0) is 49.9 Å². The number of hydrogen-bond acceptors (Lipinski definition) is 3. The highest BCUT2D eigenvalue weighted by Gasteiger charge is 2.39. The Kier molecular flexibility index (Phi) is 5.59.